The van der Waals surface area contributed by atoms with Gasteiger partial charge in [0.25, 0.3) is 0 Å². The Kier molecular flexibility index (Phi) is 7.11. The van der Waals surface area contributed by atoms with E-state index in [1.807, 2.05) is 34.6 Å². The van der Waals surface area contributed by atoms with Gasteiger partial charge in [-0.3, -0.25) is 9.69 Å². The third kappa shape index (κ3) is 5.66. The van der Waals surface area contributed by atoms with Gasteiger partial charge in [0.15, 0.2) is 0 Å². The maximum absolute atomic E-state index is 13.0. The molecule has 1 aromatic carbocycles. The first-order valence-electron chi connectivity index (χ1n) is 11.5. The maximum atomic E-state index is 13.0. The largest absolute Gasteiger partial charge is 0.465 e. The molecular weight excluding hydrogens is 390 g/mol. The fraction of sp³-hybridized carbons (Fsp3) is 0.680. The van der Waals surface area contributed by atoms with Gasteiger partial charge in [-0.05, 0) is 30.2 Å². The van der Waals surface area contributed by atoms with Gasteiger partial charge in [-0.2, -0.15) is 0 Å². The lowest BCUT2D eigenvalue weighted by Crippen LogP contribution is -2.57. The van der Waals surface area contributed by atoms with Crippen molar-refractivity contribution in [3.05, 3.63) is 35.9 Å². The van der Waals surface area contributed by atoms with Crippen molar-refractivity contribution in [1.82, 2.24) is 15.5 Å². The first kappa shape index (κ1) is 23.7. The highest BCUT2D eigenvalue weighted by Gasteiger charge is 2.45. The van der Waals surface area contributed by atoms with E-state index in [0.29, 0.717) is 24.4 Å². The van der Waals surface area contributed by atoms with E-state index in [1.165, 1.54) is 12.0 Å². The number of fused-ring (bicyclic) bond motifs is 1. The van der Waals surface area contributed by atoms with E-state index >= 15 is 0 Å². The average Bonchev–Trinajstić information content (AvgIpc) is 3.24. The molecule has 1 heterocycles. The number of ketones is 1. The van der Waals surface area contributed by atoms with Crippen LogP contribution in [0, 0.1) is 22.7 Å². The van der Waals surface area contributed by atoms with Crippen LogP contribution in [-0.4, -0.2) is 53.6 Å². The number of likely N-dealkylation sites (tertiary alicyclic amines) is 1. The summed E-state index contributed by atoms with van der Waals surface area (Å²) in [5.41, 5.74) is 0.0284. The van der Waals surface area contributed by atoms with Crippen LogP contribution in [0.15, 0.2) is 30.3 Å². The zero-order valence-electron chi connectivity index (χ0n) is 19.6. The highest BCUT2D eigenvalue weighted by Crippen LogP contribution is 2.39. The molecule has 1 saturated carbocycles. The molecule has 0 radical (unpaired) electrons. The Labute approximate surface area is 186 Å². The minimum absolute atomic E-state index is 0.0692. The number of Topliss-reactive ketones (excluding diaryl/α,β-unsaturated/α-hetero) is 1. The molecule has 2 fully saturated rings. The molecule has 1 aliphatic carbocycles. The standard InChI is InChI=1S/C25H39N3O3/c1-24(2,3)22(29)25(4,5)21(27-23(30)31)13-26-20-12-11-18-15-28(16-19(18)20)14-17-9-7-6-8-10-17/h6-10,18-21,26-27H,11-16H2,1-5H3,(H,30,31)/t18-,19+,20+,21-/m1/s1. The number of amides is 1. The third-order valence-corrected chi connectivity index (χ3v) is 7.20. The number of rotatable bonds is 8. The third-order valence-electron chi connectivity index (χ3n) is 7.20. The van der Waals surface area contributed by atoms with E-state index in [-0.39, 0.29) is 5.78 Å². The van der Waals surface area contributed by atoms with E-state index < -0.39 is 23.0 Å². The molecule has 1 aliphatic heterocycles. The second-order valence-corrected chi connectivity index (χ2v) is 11.0. The van der Waals surface area contributed by atoms with Crippen molar-refractivity contribution in [2.45, 2.75) is 66.1 Å². The number of nitrogens with one attached hydrogen (secondary N) is 2. The average molecular weight is 430 g/mol. The molecule has 3 rings (SSSR count). The smallest absolute Gasteiger partial charge is 0.404 e. The second-order valence-electron chi connectivity index (χ2n) is 11.0. The first-order chi connectivity index (χ1) is 14.5. The van der Waals surface area contributed by atoms with Gasteiger partial charge in [0.05, 0.1) is 6.04 Å². The molecule has 2 aliphatic rings. The summed E-state index contributed by atoms with van der Waals surface area (Å²) in [6, 6.07) is 10.5. The summed E-state index contributed by atoms with van der Waals surface area (Å²) in [5, 5.41) is 15.7. The van der Waals surface area contributed by atoms with Crippen molar-refractivity contribution in [3.8, 4) is 0 Å². The molecule has 0 unspecified atom stereocenters. The second kappa shape index (κ2) is 9.29. The van der Waals surface area contributed by atoms with Crippen LogP contribution in [0.4, 0.5) is 4.79 Å². The van der Waals surface area contributed by atoms with Gasteiger partial charge in [-0.1, -0.05) is 65.0 Å². The molecule has 4 atom stereocenters. The van der Waals surface area contributed by atoms with E-state index in [9.17, 15) is 14.7 Å². The summed E-state index contributed by atoms with van der Waals surface area (Å²) >= 11 is 0. The van der Waals surface area contributed by atoms with Crippen LogP contribution in [0.5, 0.6) is 0 Å². The zero-order valence-corrected chi connectivity index (χ0v) is 19.6. The zero-order chi connectivity index (χ0) is 22.8. The van der Waals surface area contributed by atoms with E-state index in [4.69, 9.17) is 0 Å². The first-order valence-corrected chi connectivity index (χ1v) is 11.5. The van der Waals surface area contributed by atoms with Crippen LogP contribution in [0.3, 0.4) is 0 Å². The van der Waals surface area contributed by atoms with Gasteiger partial charge < -0.3 is 15.7 Å². The van der Waals surface area contributed by atoms with Crippen LogP contribution < -0.4 is 10.6 Å². The van der Waals surface area contributed by atoms with Crippen LogP contribution in [-0.2, 0) is 11.3 Å². The summed E-state index contributed by atoms with van der Waals surface area (Å²) < 4.78 is 0. The lowest BCUT2D eigenvalue weighted by Gasteiger charge is -2.38. The van der Waals surface area contributed by atoms with E-state index in [2.05, 4.69) is 45.9 Å². The van der Waals surface area contributed by atoms with Crippen molar-refractivity contribution < 1.29 is 14.7 Å². The van der Waals surface area contributed by atoms with Crippen LogP contribution in [0.25, 0.3) is 0 Å². The Morgan fingerprint density at radius 3 is 2.39 bits per heavy atom. The number of hydrogen-bond donors (Lipinski definition) is 3. The number of benzene rings is 1. The van der Waals surface area contributed by atoms with Gasteiger partial charge in [0.1, 0.15) is 5.78 Å². The fourth-order valence-electron chi connectivity index (χ4n) is 5.61. The number of hydrogen-bond acceptors (Lipinski definition) is 4. The van der Waals surface area contributed by atoms with Crippen molar-refractivity contribution in [3.63, 3.8) is 0 Å². The Bertz CT molecular complexity index is 772. The Morgan fingerprint density at radius 1 is 1.10 bits per heavy atom. The Morgan fingerprint density at radius 2 is 1.77 bits per heavy atom. The highest BCUT2D eigenvalue weighted by molar-refractivity contribution is 5.89. The summed E-state index contributed by atoms with van der Waals surface area (Å²) in [4.78, 5) is 27.0. The Hall–Kier alpha value is -1.92. The van der Waals surface area contributed by atoms with Gasteiger partial charge in [0, 0.05) is 43.1 Å². The van der Waals surface area contributed by atoms with Gasteiger partial charge >= 0.3 is 6.09 Å². The van der Waals surface area contributed by atoms with Crippen LogP contribution in [0.1, 0.15) is 53.0 Å². The molecule has 1 amide bonds. The topological polar surface area (TPSA) is 81.7 Å². The molecule has 1 saturated heterocycles. The van der Waals surface area contributed by atoms with Crippen molar-refractivity contribution in [2.75, 3.05) is 19.6 Å². The molecule has 6 nitrogen and oxygen atoms in total. The summed E-state index contributed by atoms with van der Waals surface area (Å²) in [6.45, 7) is 13.0. The highest BCUT2D eigenvalue weighted by atomic mass is 16.4. The van der Waals surface area contributed by atoms with Gasteiger partial charge in [-0.15, -0.1) is 0 Å². The van der Waals surface area contributed by atoms with Crippen molar-refractivity contribution in [2.24, 2.45) is 22.7 Å². The molecule has 6 heteroatoms. The molecule has 31 heavy (non-hydrogen) atoms. The number of nitrogens with zero attached hydrogens (tertiary/aromatic N) is 1. The van der Waals surface area contributed by atoms with Crippen LogP contribution in [0.2, 0.25) is 0 Å². The summed E-state index contributed by atoms with van der Waals surface area (Å²) in [7, 11) is 0. The SMILES string of the molecule is CC(C)(C)C(=O)C(C)(C)[C@@H](CN[C@H]1CC[C@@H]2CN(Cc3ccccc3)C[C@@H]21)NC(=O)O. The molecule has 0 aromatic heterocycles. The predicted octanol–water partition coefficient (Wildman–Crippen LogP) is 3.76. The lowest BCUT2D eigenvalue weighted by atomic mass is 9.70. The van der Waals surface area contributed by atoms with Crippen molar-refractivity contribution in [1.29, 1.82) is 0 Å². The predicted molar refractivity (Wildman–Crippen MR) is 123 cm³/mol. The summed E-state index contributed by atoms with van der Waals surface area (Å²) in [5.74, 6) is 1.34. The minimum atomic E-state index is -1.08. The molecule has 0 bridgehead atoms. The Balaban J connectivity index is 1.61. The van der Waals surface area contributed by atoms with E-state index in [0.717, 1.165) is 26.1 Å². The van der Waals surface area contributed by atoms with Gasteiger partial charge in [-0.25, -0.2) is 4.79 Å². The number of carbonyl (C=O) groups is 2. The molecule has 1 aromatic rings. The lowest BCUT2D eigenvalue weighted by molar-refractivity contribution is -0.136. The minimum Gasteiger partial charge on any atom is -0.465 e. The molecule has 3 N–H and O–H groups in total. The molecule has 172 valence electrons. The number of carboxylic acid groups (broad SMARTS) is 1. The van der Waals surface area contributed by atoms with Gasteiger partial charge in [0.2, 0.25) is 0 Å². The van der Waals surface area contributed by atoms with E-state index in [1.54, 1.807) is 0 Å². The van der Waals surface area contributed by atoms with Crippen molar-refractivity contribution >= 4 is 11.9 Å². The monoisotopic (exact) mass is 429 g/mol. The number of carbonyl (C=O) groups excluding carboxylic acids is 1. The molecular formula is C25H39N3O3. The van der Waals surface area contributed by atoms with Crippen LogP contribution >= 0.6 is 0 Å². The summed E-state index contributed by atoms with van der Waals surface area (Å²) in [6.07, 6.45) is 1.23. The maximum Gasteiger partial charge on any atom is 0.404 e. The normalized spacial score (nSPS) is 25.3. The quantitative estimate of drug-likeness (QED) is 0.586. The fourth-order valence-corrected chi connectivity index (χ4v) is 5.61. The molecule has 0 spiro atoms.